The topological polar surface area (TPSA) is 9.23 Å². The van der Waals surface area contributed by atoms with Crippen molar-refractivity contribution in [1.29, 1.82) is 0 Å². The molecule has 0 radical (unpaired) electrons. The summed E-state index contributed by atoms with van der Waals surface area (Å²) in [5.41, 5.74) is 1.36. The molecule has 2 heteroatoms. The van der Waals surface area contributed by atoms with Crippen molar-refractivity contribution in [3.05, 3.63) is 21.4 Å². The van der Waals surface area contributed by atoms with Crippen LogP contribution in [0.2, 0.25) is 0 Å². The number of aryl methyl sites for hydroxylation is 2. The maximum absolute atomic E-state index is 5.62. The molecule has 80 valence electrons. The van der Waals surface area contributed by atoms with Crippen molar-refractivity contribution in [3.63, 3.8) is 0 Å². The Morgan fingerprint density at radius 3 is 2.64 bits per heavy atom. The third-order valence-electron chi connectivity index (χ3n) is 2.29. The van der Waals surface area contributed by atoms with Gasteiger partial charge >= 0.3 is 0 Å². The summed E-state index contributed by atoms with van der Waals surface area (Å²) in [4.78, 5) is 2.78. The first kappa shape index (κ1) is 11.7. The van der Waals surface area contributed by atoms with E-state index in [4.69, 9.17) is 4.74 Å². The minimum atomic E-state index is 0.792. The molecule has 0 spiro atoms. The van der Waals surface area contributed by atoms with Crippen LogP contribution in [0, 0.1) is 13.8 Å². The number of rotatable bonds is 6. The molecule has 1 heterocycles. The van der Waals surface area contributed by atoms with Crippen molar-refractivity contribution in [2.45, 2.75) is 46.6 Å². The molecule has 0 fully saturated rings. The number of ether oxygens (including phenoxy) is 1. The minimum absolute atomic E-state index is 0.792. The van der Waals surface area contributed by atoms with E-state index in [0.717, 1.165) is 13.2 Å². The largest absolute Gasteiger partial charge is 0.377 e. The zero-order valence-corrected chi connectivity index (χ0v) is 10.2. The lowest BCUT2D eigenvalue weighted by atomic mass is 10.2. The van der Waals surface area contributed by atoms with Gasteiger partial charge in [-0.2, -0.15) is 0 Å². The molecule has 0 amide bonds. The van der Waals surface area contributed by atoms with Crippen LogP contribution in [0.3, 0.4) is 0 Å². The third kappa shape index (κ3) is 3.81. The van der Waals surface area contributed by atoms with Gasteiger partial charge in [0.25, 0.3) is 0 Å². The van der Waals surface area contributed by atoms with Crippen LogP contribution in [-0.4, -0.2) is 6.61 Å². The van der Waals surface area contributed by atoms with Gasteiger partial charge in [-0.25, -0.2) is 0 Å². The van der Waals surface area contributed by atoms with Crippen molar-refractivity contribution in [3.8, 4) is 0 Å². The smallest absolute Gasteiger partial charge is 0.0727 e. The van der Waals surface area contributed by atoms with Crippen molar-refractivity contribution in [2.75, 3.05) is 6.61 Å². The van der Waals surface area contributed by atoms with Crippen LogP contribution in [0.25, 0.3) is 0 Å². The summed E-state index contributed by atoms with van der Waals surface area (Å²) >= 11 is 1.86. The molecule has 1 aromatic rings. The molecule has 1 rings (SSSR count). The van der Waals surface area contributed by atoms with Crippen molar-refractivity contribution in [2.24, 2.45) is 0 Å². The van der Waals surface area contributed by atoms with E-state index in [1.165, 1.54) is 34.6 Å². The monoisotopic (exact) mass is 212 g/mol. The number of hydrogen-bond donors (Lipinski definition) is 0. The van der Waals surface area contributed by atoms with Gasteiger partial charge in [0.15, 0.2) is 0 Å². The summed E-state index contributed by atoms with van der Waals surface area (Å²) in [6.45, 7) is 8.23. The lowest BCUT2D eigenvalue weighted by Gasteiger charge is -2.02. The zero-order chi connectivity index (χ0) is 10.4. The Morgan fingerprint density at radius 1 is 1.29 bits per heavy atom. The highest BCUT2D eigenvalue weighted by Crippen LogP contribution is 2.21. The van der Waals surface area contributed by atoms with Crippen LogP contribution in [0.5, 0.6) is 0 Å². The Bertz CT molecular complexity index is 265. The van der Waals surface area contributed by atoms with Crippen molar-refractivity contribution >= 4 is 11.3 Å². The van der Waals surface area contributed by atoms with Crippen molar-refractivity contribution < 1.29 is 4.74 Å². The maximum atomic E-state index is 5.62. The van der Waals surface area contributed by atoms with Crippen molar-refractivity contribution in [1.82, 2.24) is 0 Å². The average Bonchev–Trinajstić information content (AvgIpc) is 2.45. The standard InChI is InChI=1S/C12H20OS/c1-4-5-6-7-13-9-12-8-10(2)14-11(12)3/h8H,4-7,9H2,1-3H3. The quantitative estimate of drug-likeness (QED) is 0.646. The first-order valence-electron chi connectivity index (χ1n) is 5.37. The first-order valence-corrected chi connectivity index (χ1v) is 6.19. The van der Waals surface area contributed by atoms with Crippen LogP contribution >= 0.6 is 11.3 Å². The summed E-state index contributed by atoms with van der Waals surface area (Å²) in [5, 5.41) is 0. The molecular weight excluding hydrogens is 192 g/mol. The fourth-order valence-corrected chi connectivity index (χ4v) is 2.40. The molecule has 0 bridgehead atoms. The van der Waals surface area contributed by atoms with Gasteiger partial charge < -0.3 is 4.74 Å². The molecule has 0 saturated heterocycles. The van der Waals surface area contributed by atoms with E-state index in [-0.39, 0.29) is 0 Å². The summed E-state index contributed by atoms with van der Waals surface area (Å²) < 4.78 is 5.62. The van der Waals surface area contributed by atoms with Gasteiger partial charge in [0.2, 0.25) is 0 Å². The second-order valence-electron chi connectivity index (χ2n) is 3.70. The van der Waals surface area contributed by atoms with Crippen LogP contribution in [-0.2, 0) is 11.3 Å². The number of hydrogen-bond acceptors (Lipinski definition) is 2. The van der Waals surface area contributed by atoms with E-state index in [2.05, 4.69) is 26.8 Å². The van der Waals surface area contributed by atoms with Gasteiger partial charge in [-0.1, -0.05) is 19.8 Å². The normalized spacial score (nSPS) is 10.8. The molecular formula is C12H20OS. The fraction of sp³-hybridized carbons (Fsp3) is 0.667. The second kappa shape index (κ2) is 6.20. The predicted molar refractivity (Wildman–Crippen MR) is 63.0 cm³/mol. The highest BCUT2D eigenvalue weighted by Gasteiger charge is 2.01. The Morgan fingerprint density at radius 2 is 2.07 bits per heavy atom. The zero-order valence-electron chi connectivity index (χ0n) is 9.43. The summed E-state index contributed by atoms with van der Waals surface area (Å²) in [7, 11) is 0. The maximum Gasteiger partial charge on any atom is 0.0727 e. The van der Waals surface area contributed by atoms with E-state index < -0.39 is 0 Å². The van der Waals surface area contributed by atoms with Gasteiger partial charge in [0, 0.05) is 16.4 Å². The molecule has 0 atom stereocenters. The van der Waals surface area contributed by atoms with E-state index in [1.54, 1.807) is 0 Å². The van der Waals surface area contributed by atoms with Crippen LogP contribution in [0.15, 0.2) is 6.07 Å². The van der Waals surface area contributed by atoms with Gasteiger partial charge in [-0.15, -0.1) is 11.3 Å². The Kier molecular flexibility index (Phi) is 5.20. The lowest BCUT2D eigenvalue weighted by Crippen LogP contribution is -1.95. The lowest BCUT2D eigenvalue weighted by molar-refractivity contribution is 0.117. The highest BCUT2D eigenvalue weighted by molar-refractivity contribution is 7.12. The molecule has 0 aromatic carbocycles. The highest BCUT2D eigenvalue weighted by atomic mass is 32.1. The second-order valence-corrected chi connectivity index (χ2v) is 5.16. The molecule has 0 aliphatic carbocycles. The molecule has 1 aromatic heterocycles. The van der Waals surface area contributed by atoms with Gasteiger partial charge in [-0.05, 0) is 31.9 Å². The predicted octanol–water partition coefficient (Wildman–Crippen LogP) is 4.07. The average molecular weight is 212 g/mol. The molecule has 0 saturated carbocycles. The first-order chi connectivity index (χ1) is 6.74. The molecule has 0 aliphatic rings. The molecule has 14 heavy (non-hydrogen) atoms. The molecule has 0 N–H and O–H groups in total. The Hall–Kier alpha value is -0.340. The summed E-state index contributed by atoms with van der Waals surface area (Å²) in [6.07, 6.45) is 3.74. The van der Waals surface area contributed by atoms with Gasteiger partial charge in [0.05, 0.1) is 6.61 Å². The SMILES string of the molecule is CCCCCOCc1cc(C)sc1C. The fourth-order valence-electron chi connectivity index (χ4n) is 1.46. The Balaban J connectivity index is 2.21. The third-order valence-corrected chi connectivity index (χ3v) is 3.30. The summed E-state index contributed by atoms with van der Waals surface area (Å²) in [5.74, 6) is 0. The van der Waals surface area contributed by atoms with Crippen LogP contribution < -0.4 is 0 Å². The van der Waals surface area contributed by atoms with E-state index in [1.807, 2.05) is 11.3 Å². The number of thiophene rings is 1. The van der Waals surface area contributed by atoms with E-state index >= 15 is 0 Å². The Labute approximate surface area is 91.1 Å². The molecule has 0 unspecified atom stereocenters. The summed E-state index contributed by atoms with van der Waals surface area (Å²) in [6, 6.07) is 2.24. The molecule has 1 nitrogen and oxygen atoms in total. The number of unbranched alkanes of at least 4 members (excludes halogenated alkanes) is 2. The van der Waals surface area contributed by atoms with E-state index in [0.29, 0.717) is 0 Å². The van der Waals surface area contributed by atoms with E-state index in [9.17, 15) is 0 Å². The van der Waals surface area contributed by atoms with Gasteiger partial charge in [-0.3, -0.25) is 0 Å². The van der Waals surface area contributed by atoms with Crippen LogP contribution in [0.1, 0.15) is 41.5 Å². The van der Waals surface area contributed by atoms with Crippen LogP contribution in [0.4, 0.5) is 0 Å². The molecule has 0 aliphatic heterocycles. The van der Waals surface area contributed by atoms with Gasteiger partial charge in [0.1, 0.15) is 0 Å². The minimum Gasteiger partial charge on any atom is -0.377 e.